The monoisotopic (exact) mass is 435 g/mol. The normalized spacial score (nSPS) is 17.1. The summed E-state index contributed by atoms with van der Waals surface area (Å²) in [6, 6.07) is 12.0. The number of anilines is 4. The highest BCUT2D eigenvalue weighted by Gasteiger charge is 2.20. The summed E-state index contributed by atoms with van der Waals surface area (Å²) in [4.78, 5) is 20.6. The average molecular weight is 436 g/mol. The van der Waals surface area contributed by atoms with E-state index in [1.807, 2.05) is 25.1 Å². The zero-order chi connectivity index (χ0) is 21.4. The van der Waals surface area contributed by atoms with Crippen LogP contribution in [0.1, 0.15) is 41.6 Å². The Morgan fingerprint density at radius 1 is 1.16 bits per heavy atom. The van der Waals surface area contributed by atoms with Crippen LogP contribution >= 0.6 is 11.6 Å². The maximum absolute atomic E-state index is 11.6. The molecule has 0 saturated carbocycles. The number of aromatic nitrogens is 2. The number of fused-ring (bicyclic) bond motifs is 2. The van der Waals surface area contributed by atoms with E-state index in [0.717, 1.165) is 35.3 Å². The van der Waals surface area contributed by atoms with Gasteiger partial charge in [-0.15, -0.1) is 0 Å². The van der Waals surface area contributed by atoms with E-state index in [-0.39, 0.29) is 12.6 Å². The second-order valence-electron chi connectivity index (χ2n) is 7.79. The highest BCUT2D eigenvalue weighted by Crippen LogP contribution is 2.33. The van der Waals surface area contributed by atoms with Gasteiger partial charge < -0.3 is 20.7 Å². The Morgan fingerprint density at radius 3 is 2.97 bits per heavy atom. The van der Waals surface area contributed by atoms with Crippen LogP contribution in [0.5, 0.6) is 0 Å². The second kappa shape index (κ2) is 8.07. The van der Waals surface area contributed by atoms with Gasteiger partial charge in [0.25, 0.3) is 0 Å². The van der Waals surface area contributed by atoms with Gasteiger partial charge in [-0.3, -0.25) is 0 Å². The fraction of sp³-hybridized carbons (Fsp3) is 0.261. The minimum Gasteiger partial charge on any atom is -0.445 e. The lowest BCUT2D eigenvalue weighted by Gasteiger charge is -2.15. The number of amides is 1. The minimum absolute atomic E-state index is 0.157. The molecule has 8 heteroatoms. The highest BCUT2D eigenvalue weighted by atomic mass is 35.5. The van der Waals surface area contributed by atoms with Gasteiger partial charge in [-0.2, -0.15) is 4.98 Å². The van der Waals surface area contributed by atoms with E-state index in [1.54, 1.807) is 6.20 Å². The van der Waals surface area contributed by atoms with E-state index in [2.05, 4.69) is 44.1 Å². The molecule has 0 bridgehead atoms. The molecule has 1 aliphatic heterocycles. The van der Waals surface area contributed by atoms with E-state index >= 15 is 0 Å². The summed E-state index contributed by atoms with van der Waals surface area (Å²) < 4.78 is 5.16. The van der Waals surface area contributed by atoms with Crippen molar-refractivity contribution in [3.05, 3.63) is 69.9 Å². The van der Waals surface area contributed by atoms with Crippen LogP contribution in [0.25, 0.3) is 0 Å². The largest absolute Gasteiger partial charge is 0.445 e. The van der Waals surface area contributed by atoms with E-state index in [0.29, 0.717) is 16.8 Å². The molecule has 0 unspecified atom stereocenters. The Morgan fingerprint density at radius 2 is 2.06 bits per heavy atom. The maximum Gasteiger partial charge on any atom is 0.407 e. The molecule has 0 fully saturated rings. The number of cyclic esters (lactones) is 1. The maximum atomic E-state index is 11.6. The van der Waals surface area contributed by atoms with Crippen LogP contribution in [-0.2, 0) is 24.2 Å². The van der Waals surface area contributed by atoms with Crippen LogP contribution in [0.15, 0.2) is 42.6 Å². The molecule has 3 aromatic rings. The highest BCUT2D eigenvalue weighted by molar-refractivity contribution is 6.32. The number of benzene rings is 2. The van der Waals surface area contributed by atoms with Gasteiger partial charge in [0.1, 0.15) is 11.6 Å². The Bertz CT molecular complexity index is 1170. The van der Waals surface area contributed by atoms with Gasteiger partial charge in [0.15, 0.2) is 5.82 Å². The molecule has 7 nitrogen and oxygen atoms in total. The summed E-state index contributed by atoms with van der Waals surface area (Å²) in [6.07, 6.45) is 4.50. The Kier molecular flexibility index (Phi) is 5.11. The third-order valence-electron chi connectivity index (χ3n) is 5.70. The number of halogens is 1. The summed E-state index contributed by atoms with van der Waals surface area (Å²) in [5.41, 5.74) is 6.52. The quantitative estimate of drug-likeness (QED) is 0.508. The van der Waals surface area contributed by atoms with Gasteiger partial charge in [0, 0.05) is 11.4 Å². The summed E-state index contributed by atoms with van der Waals surface area (Å²) >= 11 is 6.38. The molecule has 1 aliphatic carbocycles. The predicted octanol–water partition coefficient (Wildman–Crippen LogP) is 5.41. The number of nitrogens with zero attached hydrogens (tertiary/aromatic N) is 2. The molecule has 1 aromatic heterocycles. The number of hydrogen-bond acceptors (Lipinski definition) is 6. The third-order valence-corrected chi connectivity index (χ3v) is 5.98. The van der Waals surface area contributed by atoms with Gasteiger partial charge >= 0.3 is 6.09 Å². The smallest absolute Gasteiger partial charge is 0.407 e. The standard InChI is InChI=1S/C23H22ClN5O2/c1-13-18-10-16(9-8-15(18)12-31-23(30)26-13)27-22-25-11-19(24)21(29-22)28-20-7-3-5-14-4-2-6-17(14)20/h3,5,7-11,13H,2,4,6,12H2,1H3,(H,26,30)(H2,25,27,28,29)/t13-/m1/s1. The summed E-state index contributed by atoms with van der Waals surface area (Å²) in [5.74, 6) is 0.990. The number of carbonyl (C=O) groups excluding carboxylic acids is 1. The first-order valence-electron chi connectivity index (χ1n) is 10.3. The number of alkyl carbamates (subject to hydrolysis) is 1. The minimum atomic E-state index is -0.414. The molecule has 158 valence electrons. The molecule has 2 aliphatic rings. The van der Waals surface area contributed by atoms with E-state index in [4.69, 9.17) is 16.3 Å². The van der Waals surface area contributed by atoms with Crippen molar-refractivity contribution < 1.29 is 9.53 Å². The molecule has 3 N–H and O–H groups in total. The Balaban J connectivity index is 1.40. The molecule has 5 rings (SSSR count). The van der Waals surface area contributed by atoms with Crippen LogP contribution < -0.4 is 16.0 Å². The van der Waals surface area contributed by atoms with Gasteiger partial charge in [-0.1, -0.05) is 29.8 Å². The summed E-state index contributed by atoms with van der Waals surface area (Å²) in [5, 5.41) is 9.88. The number of carbonyl (C=O) groups is 1. The lowest BCUT2D eigenvalue weighted by atomic mass is 10.0. The van der Waals surface area contributed by atoms with E-state index < -0.39 is 6.09 Å². The van der Waals surface area contributed by atoms with Crippen molar-refractivity contribution in [1.82, 2.24) is 15.3 Å². The molecule has 0 saturated heterocycles. The fourth-order valence-corrected chi connectivity index (χ4v) is 4.29. The fourth-order valence-electron chi connectivity index (χ4n) is 4.16. The number of aryl methyl sites for hydroxylation is 1. The molecule has 0 spiro atoms. The Hall–Kier alpha value is -3.32. The van der Waals surface area contributed by atoms with Crippen molar-refractivity contribution in [2.75, 3.05) is 10.6 Å². The predicted molar refractivity (Wildman–Crippen MR) is 120 cm³/mol. The Labute approximate surface area is 185 Å². The molecular formula is C23H22ClN5O2. The van der Waals surface area contributed by atoms with Crippen molar-refractivity contribution in [3.63, 3.8) is 0 Å². The van der Waals surface area contributed by atoms with Crippen LogP contribution in [0, 0.1) is 0 Å². The molecule has 2 aromatic carbocycles. The number of hydrogen-bond donors (Lipinski definition) is 3. The van der Waals surface area contributed by atoms with Crippen molar-refractivity contribution in [1.29, 1.82) is 0 Å². The van der Waals surface area contributed by atoms with Gasteiger partial charge in [-0.05, 0) is 66.6 Å². The van der Waals surface area contributed by atoms with Crippen molar-refractivity contribution in [2.24, 2.45) is 0 Å². The molecular weight excluding hydrogens is 414 g/mol. The van der Waals surface area contributed by atoms with Crippen molar-refractivity contribution in [3.8, 4) is 0 Å². The molecule has 2 heterocycles. The van der Waals surface area contributed by atoms with Crippen LogP contribution in [0.3, 0.4) is 0 Å². The van der Waals surface area contributed by atoms with Crippen molar-refractivity contribution >= 4 is 40.8 Å². The third kappa shape index (κ3) is 4.01. The van der Waals surface area contributed by atoms with Gasteiger partial charge in [0.05, 0.1) is 12.2 Å². The van der Waals surface area contributed by atoms with Crippen LogP contribution in [0.2, 0.25) is 5.02 Å². The van der Waals surface area contributed by atoms with Gasteiger partial charge in [-0.25, -0.2) is 9.78 Å². The molecule has 1 amide bonds. The number of rotatable bonds is 4. The molecule has 31 heavy (non-hydrogen) atoms. The van der Waals surface area contributed by atoms with Crippen LogP contribution in [-0.4, -0.2) is 16.1 Å². The zero-order valence-electron chi connectivity index (χ0n) is 17.0. The first-order chi connectivity index (χ1) is 15.1. The summed E-state index contributed by atoms with van der Waals surface area (Å²) in [7, 11) is 0. The molecule has 0 radical (unpaired) electrons. The molecule has 1 atom stereocenters. The van der Waals surface area contributed by atoms with Gasteiger partial charge in [0.2, 0.25) is 5.95 Å². The second-order valence-corrected chi connectivity index (χ2v) is 8.20. The lowest BCUT2D eigenvalue weighted by Crippen LogP contribution is -2.24. The van der Waals surface area contributed by atoms with E-state index in [1.165, 1.54) is 17.5 Å². The number of nitrogens with one attached hydrogen (secondary N) is 3. The lowest BCUT2D eigenvalue weighted by molar-refractivity contribution is 0.141. The summed E-state index contributed by atoms with van der Waals surface area (Å²) in [6.45, 7) is 2.17. The SMILES string of the molecule is C[C@H]1NC(=O)OCc2ccc(Nc3ncc(Cl)c(Nc4cccc5c4CCC5)n3)cc21. The average Bonchev–Trinajstić information content (AvgIpc) is 3.20. The number of ether oxygens (including phenoxy) is 1. The van der Waals surface area contributed by atoms with Crippen LogP contribution in [0.4, 0.5) is 27.9 Å². The zero-order valence-corrected chi connectivity index (χ0v) is 17.8. The first-order valence-corrected chi connectivity index (χ1v) is 10.7. The van der Waals surface area contributed by atoms with Crippen molar-refractivity contribution in [2.45, 2.75) is 38.8 Å². The topological polar surface area (TPSA) is 88.2 Å². The van der Waals surface area contributed by atoms with E-state index in [9.17, 15) is 4.79 Å². The first kappa shape index (κ1) is 19.6.